The smallest absolute Gasteiger partial charge is 0.165 e. The average molecular weight is 243 g/mol. The lowest BCUT2D eigenvalue weighted by Gasteiger charge is -2.11. The first kappa shape index (κ1) is 11.1. The highest BCUT2D eigenvalue weighted by molar-refractivity contribution is 5.59. The summed E-state index contributed by atoms with van der Waals surface area (Å²) in [6, 6.07) is 10.2. The molecule has 1 aliphatic carbocycles. The van der Waals surface area contributed by atoms with Crippen LogP contribution in [0.5, 0.6) is 11.5 Å². The summed E-state index contributed by atoms with van der Waals surface area (Å²) in [6.07, 6.45) is 3.26. The van der Waals surface area contributed by atoms with Gasteiger partial charge >= 0.3 is 0 Å². The molecule has 1 aliphatic rings. The lowest BCUT2D eigenvalue weighted by atomic mass is 10.1. The Bertz CT molecular complexity index is 595. The highest BCUT2D eigenvalue weighted by Crippen LogP contribution is 2.34. The second-order valence-corrected chi connectivity index (χ2v) is 4.54. The van der Waals surface area contributed by atoms with E-state index in [4.69, 9.17) is 10.5 Å². The van der Waals surface area contributed by atoms with Gasteiger partial charge in [0.1, 0.15) is 0 Å². The third-order valence-electron chi connectivity index (χ3n) is 3.28. The van der Waals surface area contributed by atoms with Crippen molar-refractivity contribution < 1.29 is 9.13 Å². The summed E-state index contributed by atoms with van der Waals surface area (Å²) < 4.78 is 19.1. The molecule has 2 aromatic carbocycles. The summed E-state index contributed by atoms with van der Waals surface area (Å²) >= 11 is 0. The Hall–Kier alpha value is -2.03. The molecule has 0 unspecified atom stereocenters. The molecule has 0 radical (unpaired) electrons. The second kappa shape index (κ2) is 4.33. The molecule has 0 fully saturated rings. The van der Waals surface area contributed by atoms with E-state index in [9.17, 15) is 4.39 Å². The summed E-state index contributed by atoms with van der Waals surface area (Å²) in [5, 5.41) is 0. The van der Waals surface area contributed by atoms with Crippen LogP contribution < -0.4 is 10.5 Å². The van der Waals surface area contributed by atoms with Crippen molar-refractivity contribution in [3.63, 3.8) is 0 Å². The van der Waals surface area contributed by atoms with Crippen LogP contribution in [0.4, 0.5) is 10.1 Å². The van der Waals surface area contributed by atoms with Crippen molar-refractivity contribution in [3.8, 4) is 11.5 Å². The van der Waals surface area contributed by atoms with Crippen molar-refractivity contribution in [2.24, 2.45) is 0 Å². The highest BCUT2D eigenvalue weighted by atomic mass is 19.1. The number of ether oxygens (including phenoxy) is 1. The second-order valence-electron chi connectivity index (χ2n) is 4.54. The van der Waals surface area contributed by atoms with Crippen LogP contribution in [0.2, 0.25) is 0 Å². The van der Waals surface area contributed by atoms with Crippen LogP contribution in [0, 0.1) is 5.82 Å². The van der Waals surface area contributed by atoms with Crippen LogP contribution in [0.3, 0.4) is 0 Å². The summed E-state index contributed by atoms with van der Waals surface area (Å²) in [6.45, 7) is 0. The van der Waals surface area contributed by atoms with Crippen molar-refractivity contribution in [2.45, 2.75) is 19.3 Å². The molecule has 0 aromatic heterocycles. The van der Waals surface area contributed by atoms with E-state index in [1.165, 1.54) is 17.2 Å². The van der Waals surface area contributed by atoms with Crippen LogP contribution >= 0.6 is 0 Å². The van der Waals surface area contributed by atoms with Gasteiger partial charge in [-0.1, -0.05) is 12.1 Å². The molecule has 0 saturated carbocycles. The first-order valence-electron chi connectivity index (χ1n) is 6.08. The Morgan fingerprint density at radius 1 is 1.00 bits per heavy atom. The number of nitrogens with two attached hydrogens (primary N) is 1. The van der Waals surface area contributed by atoms with Crippen LogP contribution in [0.25, 0.3) is 0 Å². The number of nitrogen functional groups attached to an aromatic ring is 1. The zero-order chi connectivity index (χ0) is 12.5. The van der Waals surface area contributed by atoms with Crippen molar-refractivity contribution in [3.05, 3.63) is 53.3 Å². The van der Waals surface area contributed by atoms with Gasteiger partial charge in [0.2, 0.25) is 0 Å². The van der Waals surface area contributed by atoms with Crippen LogP contribution in [-0.2, 0) is 12.8 Å². The molecule has 2 aromatic rings. The van der Waals surface area contributed by atoms with Gasteiger partial charge in [0.25, 0.3) is 0 Å². The van der Waals surface area contributed by atoms with Gasteiger partial charge in [0, 0.05) is 0 Å². The number of anilines is 1. The maximum Gasteiger partial charge on any atom is 0.165 e. The highest BCUT2D eigenvalue weighted by Gasteiger charge is 2.15. The third-order valence-corrected chi connectivity index (χ3v) is 3.28. The van der Waals surface area contributed by atoms with Crippen molar-refractivity contribution in [1.29, 1.82) is 0 Å². The molecule has 92 valence electrons. The molecule has 0 saturated heterocycles. The summed E-state index contributed by atoms with van der Waals surface area (Å²) in [5.41, 5.74) is 9.06. The Morgan fingerprint density at radius 3 is 2.50 bits per heavy atom. The summed E-state index contributed by atoms with van der Waals surface area (Å²) in [5.74, 6) is 0.375. The minimum absolute atomic E-state index is 0.210. The normalized spacial score (nSPS) is 13.4. The van der Waals surface area contributed by atoms with Crippen LogP contribution in [0.1, 0.15) is 17.5 Å². The number of hydrogen-bond acceptors (Lipinski definition) is 2. The van der Waals surface area contributed by atoms with Gasteiger partial charge in [0.15, 0.2) is 17.3 Å². The molecule has 18 heavy (non-hydrogen) atoms. The zero-order valence-corrected chi connectivity index (χ0v) is 9.95. The maximum absolute atomic E-state index is 13.5. The van der Waals surface area contributed by atoms with E-state index in [0.717, 1.165) is 19.3 Å². The molecule has 0 aliphatic heterocycles. The van der Waals surface area contributed by atoms with Gasteiger partial charge in [-0.2, -0.15) is 0 Å². The van der Waals surface area contributed by atoms with E-state index < -0.39 is 0 Å². The topological polar surface area (TPSA) is 35.2 Å². The van der Waals surface area contributed by atoms with Crippen molar-refractivity contribution in [2.75, 3.05) is 5.73 Å². The molecular formula is C15H14FNO. The number of fused-ring (bicyclic) bond motifs is 1. The average Bonchev–Trinajstić information content (AvgIpc) is 2.79. The Kier molecular flexibility index (Phi) is 2.67. The van der Waals surface area contributed by atoms with Gasteiger partial charge in [0.05, 0.1) is 5.69 Å². The monoisotopic (exact) mass is 243 g/mol. The summed E-state index contributed by atoms with van der Waals surface area (Å²) in [4.78, 5) is 0. The molecule has 0 atom stereocenters. The van der Waals surface area contributed by atoms with E-state index in [1.54, 1.807) is 18.2 Å². The molecule has 0 amide bonds. The Balaban J connectivity index is 1.96. The van der Waals surface area contributed by atoms with E-state index in [2.05, 4.69) is 0 Å². The molecule has 0 heterocycles. The van der Waals surface area contributed by atoms with Crippen molar-refractivity contribution in [1.82, 2.24) is 0 Å². The minimum atomic E-state index is -0.377. The maximum atomic E-state index is 13.5. The van der Waals surface area contributed by atoms with E-state index in [0.29, 0.717) is 11.4 Å². The molecule has 2 N–H and O–H groups in total. The number of halogens is 1. The van der Waals surface area contributed by atoms with Gasteiger partial charge in [-0.15, -0.1) is 0 Å². The Morgan fingerprint density at radius 2 is 1.72 bits per heavy atom. The standard InChI is InChI=1S/C15H14FNO/c16-12-6-1-2-7-14(12)18-15-9-11-5-3-4-10(11)8-13(15)17/h1-2,6-9H,3-5,17H2. The number of hydrogen-bond donors (Lipinski definition) is 1. The lowest BCUT2D eigenvalue weighted by molar-refractivity contribution is 0.443. The van der Waals surface area contributed by atoms with E-state index in [1.807, 2.05) is 12.1 Å². The predicted molar refractivity (Wildman–Crippen MR) is 69.4 cm³/mol. The molecule has 0 spiro atoms. The zero-order valence-electron chi connectivity index (χ0n) is 9.95. The quantitative estimate of drug-likeness (QED) is 0.816. The number of aryl methyl sites for hydroxylation is 2. The molecular weight excluding hydrogens is 229 g/mol. The molecule has 3 heteroatoms. The van der Waals surface area contributed by atoms with E-state index >= 15 is 0 Å². The fourth-order valence-corrected chi connectivity index (χ4v) is 2.35. The number of rotatable bonds is 2. The van der Waals surface area contributed by atoms with Gasteiger partial charge < -0.3 is 10.5 Å². The lowest BCUT2D eigenvalue weighted by Crippen LogP contribution is -1.96. The van der Waals surface area contributed by atoms with Gasteiger partial charge in [-0.3, -0.25) is 0 Å². The first-order chi connectivity index (χ1) is 8.74. The predicted octanol–water partition coefficient (Wildman–Crippen LogP) is 3.69. The fraction of sp³-hybridized carbons (Fsp3) is 0.200. The van der Waals surface area contributed by atoms with Crippen LogP contribution in [0.15, 0.2) is 36.4 Å². The molecule has 2 nitrogen and oxygen atoms in total. The number of para-hydroxylation sites is 1. The minimum Gasteiger partial charge on any atom is -0.452 e. The van der Waals surface area contributed by atoms with E-state index in [-0.39, 0.29) is 11.6 Å². The fourth-order valence-electron chi connectivity index (χ4n) is 2.35. The molecule has 3 rings (SSSR count). The third kappa shape index (κ3) is 1.92. The number of benzene rings is 2. The first-order valence-corrected chi connectivity index (χ1v) is 6.08. The Labute approximate surface area is 105 Å². The van der Waals surface area contributed by atoms with Crippen LogP contribution in [-0.4, -0.2) is 0 Å². The largest absolute Gasteiger partial charge is 0.452 e. The van der Waals surface area contributed by atoms with Crippen molar-refractivity contribution >= 4 is 5.69 Å². The van der Waals surface area contributed by atoms with Gasteiger partial charge in [-0.25, -0.2) is 4.39 Å². The SMILES string of the molecule is Nc1cc2c(cc1Oc1ccccc1F)CCC2. The summed E-state index contributed by atoms with van der Waals surface area (Å²) in [7, 11) is 0. The van der Waals surface area contributed by atoms with Gasteiger partial charge in [-0.05, 0) is 54.7 Å². The molecule has 0 bridgehead atoms.